The Kier molecular flexibility index (Phi) is 4.32. The van der Waals surface area contributed by atoms with E-state index in [1.165, 1.54) is 0 Å². The molecule has 0 aromatic heterocycles. The second-order valence-corrected chi connectivity index (χ2v) is 6.59. The molecule has 0 radical (unpaired) electrons. The van der Waals surface area contributed by atoms with Gasteiger partial charge in [-0.2, -0.15) is 0 Å². The summed E-state index contributed by atoms with van der Waals surface area (Å²) in [6, 6.07) is 4.01. The molecule has 5 nitrogen and oxygen atoms in total. The first-order valence-corrected chi connectivity index (χ1v) is 8.77. The van der Waals surface area contributed by atoms with Crippen LogP contribution in [0, 0.1) is 0 Å². The Bertz CT molecular complexity index is 1040. The molecular weight excluding hydrogens is 342 g/mol. The molecule has 0 amide bonds. The smallest absolute Gasteiger partial charge is 0.161 e. The van der Waals surface area contributed by atoms with Gasteiger partial charge in [-0.15, -0.1) is 0 Å². The number of rotatable bonds is 4. The molecule has 4 rings (SSSR count). The minimum Gasteiger partial charge on any atom is -0.498 e. The fraction of sp³-hybridized carbons (Fsp3) is 0.273. The summed E-state index contributed by atoms with van der Waals surface area (Å²) in [5.41, 5.74) is 4.49. The van der Waals surface area contributed by atoms with Crippen molar-refractivity contribution in [3.8, 4) is 11.5 Å². The van der Waals surface area contributed by atoms with Gasteiger partial charge >= 0.3 is 0 Å². The maximum absolute atomic E-state index is 5.54. The van der Waals surface area contributed by atoms with Crippen LogP contribution in [0.3, 0.4) is 0 Å². The van der Waals surface area contributed by atoms with E-state index in [-0.39, 0.29) is 6.10 Å². The average Bonchev–Trinajstić information content (AvgIpc) is 2.70. The zero-order valence-electron chi connectivity index (χ0n) is 16.2. The first-order valence-electron chi connectivity index (χ1n) is 8.77. The summed E-state index contributed by atoms with van der Waals surface area (Å²) < 4.78 is 22.0. The van der Waals surface area contributed by atoms with Crippen molar-refractivity contribution in [3.63, 3.8) is 0 Å². The van der Waals surface area contributed by atoms with Crippen LogP contribution in [0.25, 0.3) is 12.3 Å². The molecule has 1 aromatic rings. The van der Waals surface area contributed by atoms with Crippen LogP contribution in [0.15, 0.2) is 58.7 Å². The number of fused-ring (bicyclic) bond motifs is 3. The molecule has 140 valence electrons. The second kappa shape index (κ2) is 6.67. The topological polar surface area (TPSA) is 40.2 Å². The molecule has 3 aliphatic rings. The maximum atomic E-state index is 5.54. The third-order valence-electron chi connectivity index (χ3n) is 5.13. The van der Waals surface area contributed by atoms with Crippen LogP contribution in [0.1, 0.15) is 6.92 Å². The minimum absolute atomic E-state index is 0.172. The first kappa shape index (κ1) is 17.5. The van der Waals surface area contributed by atoms with E-state index in [2.05, 4.69) is 42.3 Å². The van der Waals surface area contributed by atoms with Gasteiger partial charge in [-0.05, 0) is 54.2 Å². The van der Waals surface area contributed by atoms with Crippen LogP contribution in [-0.4, -0.2) is 39.4 Å². The van der Waals surface area contributed by atoms with Gasteiger partial charge in [-0.25, -0.2) is 0 Å². The predicted molar refractivity (Wildman–Crippen MR) is 104 cm³/mol. The highest BCUT2D eigenvalue weighted by atomic mass is 16.5. The third kappa shape index (κ3) is 2.75. The van der Waals surface area contributed by atoms with Crippen molar-refractivity contribution in [2.75, 3.05) is 28.4 Å². The average molecular weight is 365 g/mol. The Labute approximate surface area is 158 Å². The second-order valence-electron chi connectivity index (χ2n) is 6.59. The fourth-order valence-electron chi connectivity index (χ4n) is 3.72. The van der Waals surface area contributed by atoms with Crippen LogP contribution >= 0.6 is 0 Å². The van der Waals surface area contributed by atoms with Gasteiger partial charge in [0.25, 0.3) is 0 Å². The molecule has 0 saturated carbocycles. The molecule has 0 N–H and O–H groups in total. The summed E-state index contributed by atoms with van der Waals surface area (Å²) in [4.78, 5) is 2.19. The Morgan fingerprint density at radius 1 is 0.852 bits per heavy atom. The molecular formula is C22H23NO4. The normalized spacial score (nSPS) is 20.1. The Morgan fingerprint density at radius 3 is 2.19 bits per heavy atom. The highest BCUT2D eigenvalue weighted by Gasteiger charge is 2.27. The van der Waals surface area contributed by atoms with Gasteiger partial charge in [-0.3, -0.25) is 0 Å². The number of ether oxygens (including phenoxy) is 4. The standard InChI is InChI=1S/C22H23NO4/c1-13-6-15-9-20(25-3)22(27-5)11-17(15)18-7-14-8-19(24-2)21(26-4)10-16(14)12-23(13)18/h6-12,20H,1-5H3. The molecule has 2 heterocycles. The highest BCUT2D eigenvalue weighted by Crippen LogP contribution is 2.37. The highest BCUT2D eigenvalue weighted by molar-refractivity contribution is 5.70. The summed E-state index contributed by atoms with van der Waals surface area (Å²) in [5, 5.41) is 2.17. The number of allylic oxidation sites excluding steroid dienone is 6. The molecule has 1 unspecified atom stereocenters. The number of hydrogen-bond acceptors (Lipinski definition) is 5. The van der Waals surface area contributed by atoms with Gasteiger partial charge in [0.1, 0.15) is 11.9 Å². The lowest BCUT2D eigenvalue weighted by molar-refractivity contribution is 0.108. The Balaban J connectivity index is 1.96. The van der Waals surface area contributed by atoms with Crippen LogP contribution in [0.4, 0.5) is 0 Å². The molecule has 5 heteroatoms. The molecule has 1 aliphatic carbocycles. The lowest BCUT2D eigenvalue weighted by atomic mass is 9.90. The summed E-state index contributed by atoms with van der Waals surface area (Å²) in [6.07, 6.45) is 10.5. The molecule has 1 aromatic carbocycles. The van der Waals surface area contributed by atoms with Gasteiger partial charge < -0.3 is 23.8 Å². The summed E-state index contributed by atoms with van der Waals surface area (Å²) >= 11 is 0. The maximum Gasteiger partial charge on any atom is 0.161 e. The Hall–Kier alpha value is -2.92. The molecule has 0 fully saturated rings. The van der Waals surface area contributed by atoms with E-state index in [1.54, 1.807) is 28.4 Å². The minimum atomic E-state index is -0.172. The zero-order valence-corrected chi connectivity index (χ0v) is 16.2. The van der Waals surface area contributed by atoms with E-state index in [0.717, 1.165) is 50.2 Å². The molecule has 0 bridgehead atoms. The molecule has 1 atom stereocenters. The summed E-state index contributed by atoms with van der Waals surface area (Å²) in [6.45, 7) is 2.10. The van der Waals surface area contributed by atoms with Crippen LogP contribution in [-0.2, 0) is 9.47 Å². The van der Waals surface area contributed by atoms with Crippen LogP contribution in [0.2, 0.25) is 0 Å². The van der Waals surface area contributed by atoms with Crippen molar-refractivity contribution in [2.24, 2.45) is 0 Å². The van der Waals surface area contributed by atoms with Gasteiger partial charge in [0.2, 0.25) is 0 Å². The summed E-state index contributed by atoms with van der Waals surface area (Å²) in [7, 11) is 6.67. The predicted octanol–water partition coefficient (Wildman–Crippen LogP) is 2.19. The van der Waals surface area contributed by atoms with Crippen molar-refractivity contribution in [3.05, 3.63) is 69.1 Å². The molecule has 0 spiro atoms. The van der Waals surface area contributed by atoms with E-state index in [0.29, 0.717) is 0 Å². The van der Waals surface area contributed by atoms with Crippen molar-refractivity contribution in [2.45, 2.75) is 13.0 Å². The zero-order chi connectivity index (χ0) is 19.1. The van der Waals surface area contributed by atoms with Crippen molar-refractivity contribution in [1.29, 1.82) is 0 Å². The lowest BCUT2D eigenvalue weighted by Gasteiger charge is -2.34. The quantitative estimate of drug-likeness (QED) is 0.818. The SMILES string of the molecule is COC1=CC2=C3C=c4cc(OC)c(OC)cc4=CN3C(C)=CC2=CC1OC. The third-order valence-corrected chi connectivity index (χ3v) is 5.13. The molecule has 0 saturated heterocycles. The monoisotopic (exact) mass is 365 g/mol. The number of methoxy groups -OCH3 is 4. The van der Waals surface area contributed by atoms with E-state index < -0.39 is 0 Å². The van der Waals surface area contributed by atoms with Gasteiger partial charge in [0, 0.05) is 29.8 Å². The van der Waals surface area contributed by atoms with Gasteiger partial charge in [-0.1, -0.05) is 0 Å². The van der Waals surface area contributed by atoms with E-state index in [9.17, 15) is 0 Å². The van der Waals surface area contributed by atoms with Crippen molar-refractivity contribution in [1.82, 2.24) is 4.90 Å². The number of hydrogen-bond donors (Lipinski definition) is 0. The van der Waals surface area contributed by atoms with Crippen LogP contribution in [0.5, 0.6) is 11.5 Å². The fourth-order valence-corrected chi connectivity index (χ4v) is 3.72. The number of benzene rings is 1. The first-order chi connectivity index (χ1) is 13.1. The van der Waals surface area contributed by atoms with Gasteiger partial charge in [0.05, 0.1) is 27.0 Å². The largest absolute Gasteiger partial charge is 0.498 e. The van der Waals surface area contributed by atoms with E-state index >= 15 is 0 Å². The van der Waals surface area contributed by atoms with Crippen LogP contribution < -0.4 is 19.9 Å². The van der Waals surface area contributed by atoms with E-state index in [4.69, 9.17) is 18.9 Å². The Morgan fingerprint density at radius 2 is 1.56 bits per heavy atom. The molecule has 2 aliphatic heterocycles. The van der Waals surface area contributed by atoms with Crippen molar-refractivity contribution < 1.29 is 18.9 Å². The van der Waals surface area contributed by atoms with E-state index in [1.807, 2.05) is 12.1 Å². The van der Waals surface area contributed by atoms with Gasteiger partial charge in [0.15, 0.2) is 11.5 Å². The summed E-state index contributed by atoms with van der Waals surface area (Å²) in [5.74, 6) is 2.23. The number of nitrogens with zero attached hydrogens (tertiary/aromatic N) is 1. The molecule has 27 heavy (non-hydrogen) atoms. The lowest BCUT2D eigenvalue weighted by Crippen LogP contribution is -2.36. The van der Waals surface area contributed by atoms with Crippen molar-refractivity contribution >= 4 is 12.3 Å².